The zero-order valence-corrected chi connectivity index (χ0v) is 10.6. The molecule has 0 aromatic carbocycles. The quantitative estimate of drug-likeness (QED) is 0.554. The van der Waals surface area contributed by atoms with E-state index in [4.69, 9.17) is 14.9 Å². The second-order valence-electron chi connectivity index (χ2n) is 4.99. The van der Waals surface area contributed by atoms with Crippen molar-refractivity contribution >= 4 is 12.0 Å². The first kappa shape index (κ1) is 14.7. The number of carbonyl (C=O) groups is 2. The molecule has 1 heterocycles. The SMILES string of the molecule is CC1(C)CC(NC(=O)NC(CO)C(=O)O)CCO1. The summed E-state index contributed by atoms with van der Waals surface area (Å²) in [6, 6.07) is -1.92. The third-order valence-electron chi connectivity index (χ3n) is 2.82. The van der Waals surface area contributed by atoms with Crippen LogP contribution in [0.3, 0.4) is 0 Å². The molecule has 1 fully saturated rings. The monoisotopic (exact) mass is 260 g/mol. The number of aliphatic carboxylic acids is 1. The van der Waals surface area contributed by atoms with Gasteiger partial charge in [0.15, 0.2) is 6.04 Å². The molecule has 0 bridgehead atoms. The first-order valence-electron chi connectivity index (χ1n) is 5.89. The predicted octanol–water partition coefficient (Wildman–Crippen LogP) is -0.311. The van der Waals surface area contributed by atoms with Gasteiger partial charge >= 0.3 is 12.0 Å². The molecular weight excluding hydrogens is 240 g/mol. The number of nitrogens with one attached hydrogen (secondary N) is 2. The van der Waals surface area contributed by atoms with Gasteiger partial charge in [-0.2, -0.15) is 0 Å². The summed E-state index contributed by atoms with van der Waals surface area (Å²) in [5, 5.41) is 22.4. The Morgan fingerprint density at radius 3 is 2.67 bits per heavy atom. The molecule has 4 N–H and O–H groups in total. The maximum Gasteiger partial charge on any atom is 0.328 e. The molecule has 1 aliphatic heterocycles. The lowest BCUT2D eigenvalue weighted by molar-refractivity contribution is -0.140. The fourth-order valence-corrected chi connectivity index (χ4v) is 1.93. The van der Waals surface area contributed by atoms with E-state index >= 15 is 0 Å². The third kappa shape index (κ3) is 4.50. The van der Waals surface area contributed by atoms with E-state index in [-0.39, 0.29) is 11.6 Å². The Morgan fingerprint density at radius 2 is 2.17 bits per heavy atom. The first-order valence-corrected chi connectivity index (χ1v) is 5.89. The van der Waals surface area contributed by atoms with Crippen LogP contribution in [0, 0.1) is 0 Å². The summed E-state index contributed by atoms with van der Waals surface area (Å²) in [6.45, 7) is 3.79. The maximum absolute atomic E-state index is 11.6. The molecule has 0 aromatic heterocycles. The van der Waals surface area contributed by atoms with Gasteiger partial charge in [0, 0.05) is 12.6 Å². The number of urea groups is 1. The number of ether oxygens (including phenoxy) is 1. The van der Waals surface area contributed by atoms with Crippen LogP contribution in [0.2, 0.25) is 0 Å². The third-order valence-corrected chi connectivity index (χ3v) is 2.82. The summed E-state index contributed by atoms with van der Waals surface area (Å²) in [5.41, 5.74) is -0.292. The molecule has 1 saturated heterocycles. The Bertz CT molecular complexity index is 319. The van der Waals surface area contributed by atoms with E-state index < -0.39 is 24.6 Å². The van der Waals surface area contributed by atoms with E-state index in [1.54, 1.807) is 0 Å². The Morgan fingerprint density at radius 1 is 1.50 bits per heavy atom. The highest BCUT2D eigenvalue weighted by Gasteiger charge is 2.30. The summed E-state index contributed by atoms with van der Waals surface area (Å²) in [6.07, 6.45) is 1.35. The van der Waals surface area contributed by atoms with Crippen molar-refractivity contribution < 1.29 is 24.5 Å². The highest BCUT2D eigenvalue weighted by Crippen LogP contribution is 2.23. The fourth-order valence-electron chi connectivity index (χ4n) is 1.93. The molecule has 0 saturated carbocycles. The zero-order valence-electron chi connectivity index (χ0n) is 10.6. The molecule has 104 valence electrons. The van der Waals surface area contributed by atoms with Crippen LogP contribution in [0.4, 0.5) is 4.79 Å². The normalized spacial score (nSPS) is 24.1. The molecule has 0 radical (unpaired) electrons. The lowest BCUT2D eigenvalue weighted by Gasteiger charge is -2.35. The fraction of sp³-hybridized carbons (Fsp3) is 0.818. The lowest BCUT2D eigenvalue weighted by Crippen LogP contribution is -2.53. The molecule has 2 amide bonds. The number of rotatable bonds is 4. The van der Waals surface area contributed by atoms with Crippen molar-refractivity contribution in [2.45, 2.75) is 44.4 Å². The summed E-state index contributed by atoms with van der Waals surface area (Å²) >= 11 is 0. The highest BCUT2D eigenvalue weighted by molar-refractivity contribution is 5.82. The van der Waals surface area contributed by atoms with E-state index in [0.29, 0.717) is 19.4 Å². The van der Waals surface area contributed by atoms with Gasteiger partial charge in [-0.05, 0) is 26.7 Å². The van der Waals surface area contributed by atoms with Crippen molar-refractivity contribution in [2.24, 2.45) is 0 Å². The van der Waals surface area contributed by atoms with Crippen LogP contribution in [0.15, 0.2) is 0 Å². The van der Waals surface area contributed by atoms with Crippen molar-refractivity contribution in [1.82, 2.24) is 10.6 Å². The molecule has 0 aromatic rings. The molecule has 2 atom stereocenters. The van der Waals surface area contributed by atoms with Crippen molar-refractivity contribution in [3.05, 3.63) is 0 Å². The van der Waals surface area contributed by atoms with Crippen LogP contribution < -0.4 is 10.6 Å². The van der Waals surface area contributed by atoms with Gasteiger partial charge in [0.25, 0.3) is 0 Å². The standard InChI is InChI=1S/C11H20N2O5/c1-11(2)5-7(3-4-18-11)12-10(17)13-8(6-14)9(15)16/h7-8,14H,3-6H2,1-2H3,(H,15,16)(H2,12,13,17). The van der Waals surface area contributed by atoms with Crippen LogP contribution in [-0.4, -0.2) is 53.1 Å². The number of carboxylic acid groups (broad SMARTS) is 1. The average molecular weight is 260 g/mol. The van der Waals surface area contributed by atoms with Crippen LogP contribution in [-0.2, 0) is 9.53 Å². The van der Waals surface area contributed by atoms with Crippen molar-refractivity contribution in [3.63, 3.8) is 0 Å². The van der Waals surface area contributed by atoms with Gasteiger partial charge in [-0.3, -0.25) is 0 Å². The summed E-state index contributed by atoms with van der Waals surface area (Å²) in [5.74, 6) is -1.26. The van der Waals surface area contributed by atoms with E-state index in [1.807, 2.05) is 13.8 Å². The van der Waals surface area contributed by atoms with Gasteiger partial charge in [-0.15, -0.1) is 0 Å². The summed E-state index contributed by atoms with van der Waals surface area (Å²) in [7, 11) is 0. The second-order valence-corrected chi connectivity index (χ2v) is 4.99. The van der Waals surface area contributed by atoms with Crippen molar-refractivity contribution in [1.29, 1.82) is 0 Å². The van der Waals surface area contributed by atoms with Gasteiger partial charge < -0.3 is 25.6 Å². The molecule has 7 nitrogen and oxygen atoms in total. The Labute approximate surface area is 106 Å². The Hall–Kier alpha value is -1.34. The van der Waals surface area contributed by atoms with Crippen LogP contribution in [0.25, 0.3) is 0 Å². The molecule has 7 heteroatoms. The number of hydrogen-bond donors (Lipinski definition) is 4. The van der Waals surface area contributed by atoms with Crippen LogP contribution in [0.5, 0.6) is 0 Å². The molecule has 0 spiro atoms. The van der Waals surface area contributed by atoms with Gasteiger partial charge in [0.05, 0.1) is 12.2 Å². The Kier molecular flexibility index (Phi) is 4.92. The largest absolute Gasteiger partial charge is 0.480 e. The van der Waals surface area contributed by atoms with E-state index in [9.17, 15) is 9.59 Å². The minimum absolute atomic E-state index is 0.0538. The lowest BCUT2D eigenvalue weighted by atomic mass is 9.94. The number of aliphatic hydroxyl groups excluding tert-OH is 1. The van der Waals surface area contributed by atoms with E-state index in [0.717, 1.165) is 0 Å². The minimum atomic E-state index is -1.28. The van der Waals surface area contributed by atoms with E-state index in [2.05, 4.69) is 10.6 Å². The maximum atomic E-state index is 11.6. The topological polar surface area (TPSA) is 108 Å². The molecule has 1 aliphatic rings. The first-order chi connectivity index (χ1) is 8.34. The second kappa shape index (κ2) is 6.01. The summed E-state index contributed by atoms with van der Waals surface area (Å²) < 4.78 is 5.51. The number of carbonyl (C=O) groups excluding carboxylic acids is 1. The molecular formula is C11H20N2O5. The highest BCUT2D eigenvalue weighted by atomic mass is 16.5. The van der Waals surface area contributed by atoms with Crippen molar-refractivity contribution in [3.8, 4) is 0 Å². The number of amides is 2. The van der Waals surface area contributed by atoms with Crippen LogP contribution in [0.1, 0.15) is 26.7 Å². The number of carboxylic acids is 1. The minimum Gasteiger partial charge on any atom is -0.480 e. The van der Waals surface area contributed by atoms with Gasteiger partial charge in [-0.1, -0.05) is 0 Å². The van der Waals surface area contributed by atoms with Crippen LogP contribution >= 0.6 is 0 Å². The zero-order chi connectivity index (χ0) is 13.8. The predicted molar refractivity (Wildman–Crippen MR) is 63.2 cm³/mol. The van der Waals surface area contributed by atoms with Gasteiger partial charge in [0.1, 0.15) is 0 Å². The Balaban J connectivity index is 2.42. The molecule has 2 unspecified atom stereocenters. The number of aliphatic hydroxyl groups is 1. The molecule has 0 aliphatic carbocycles. The van der Waals surface area contributed by atoms with E-state index in [1.165, 1.54) is 0 Å². The van der Waals surface area contributed by atoms with Gasteiger partial charge in [-0.25, -0.2) is 9.59 Å². The molecule has 1 rings (SSSR count). The van der Waals surface area contributed by atoms with Gasteiger partial charge in [0.2, 0.25) is 0 Å². The number of hydrogen-bond acceptors (Lipinski definition) is 4. The van der Waals surface area contributed by atoms with Crippen molar-refractivity contribution in [2.75, 3.05) is 13.2 Å². The smallest absolute Gasteiger partial charge is 0.328 e. The summed E-state index contributed by atoms with van der Waals surface area (Å²) in [4.78, 5) is 22.2. The average Bonchev–Trinajstić information content (AvgIpc) is 2.23. The molecule has 18 heavy (non-hydrogen) atoms.